The van der Waals surface area contributed by atoms with Gasteiger partial charge >= 0.3 is 5.97 Å². The van der Waals surface area contributed by atoms with Crippen LogP contribution < -0.4 is 5.32 Å². The number of aromatic carboxylic acids is 1. The SMILES string of the molecule is O=C(O)c1ccc(CNCCCCCOCc2ccccc2)cc1. The fraction of sp³-hybridized carbons (Fsp3) is 0.350. The van der Waals surface area contributed by atoms with Gasteiger partial charge in [0.15, 0.2) is 0 Å². The third-order valence-corrected chi connectivity index (χ3v) is 3.78. The lowest BCUT2D eigenvalue weighted by molar-refractivity contribution is 0.0697. The summed E-state index contributed by atoms with van der Waals surface area (Å²) >= 11 is 0. The molecule has 128 valence electrons. The molecule has 0 fully saturated rings. The van der Waals surface area contributed by atoms with Gasteiger partial charge in [0.25, 0.3) is 0 Å². The number of carboxylic acids is 1. The third-order valence-electron chi connectivity index (χ3n) is 3.78. The molecule has 0 radical (unpaired) electrons. The number of hydrogen-bond acceptors (Lipinski definition) is 3. The van der Waals surface area contributed by atoms with Crippen molar-refractivity contribution in [3.63, 3.8) is 0 Å². The highest BCUT2D eigenvalue weighted by molar-refractivity contribution is 5.87. The molecular formula is C20H25NO3. The van der Waals surface area contributed by atoms with E-state index in [1.807, 2.05) is 30.3 Å². The Morgan fingerprint density at radius 3 is 2.38 bits per heavy atom. The van der Waals surface area contributed by atoms with E-state index in [0.717, 1.165) is 44.5 Å². The van der Waals surface area contributed by atoms with Crippen molar-refractivity contribution in [2.75, 3.05) is 13.2 Å². The van der Waals surface area contributed by atoms with E-state index >= 15 is 0 Å². The Balaban J connectivity index is 1.46. The molecule has 0 aliphatic carbocycles. The van der Waals surface area contributed by atoms with Crippen LogP contribution in [0.4, 0.5) is 0 Å². The van der Waals surface area contributed by atoms with Crippen LogP contribution in [0.1, 0.15) is 40.7 Å². The minimum atomic E-state index is -0.885. The summed E-state index contributed by atoms with van der Waals surface area (Å²) in [6.45, 7) is 3.21. The first kappa shape index (κ1) is 18.2. The summed E-state index contributed by atoms with van der Waals surface area (Å²) in [5.74, 6) is -0.885. The lowest BCUT2D eigenvalue weighted by Crippen LogP contribution is -2.14. The zero-order valence-electron chi connectivity index (χ0n) is 13.9. The molecule has 2 aromatic carbocycles. The molecule has 2 rings (SSSR count). The van der Waals surface area contributed by atoms with Gasteiger partial charge in [-0.2, -0.15) is 0 Å². The van der Waals surface area contributed by atoms with E-state index in [1.165, 1.54) is 5.56 Å². The summed E-state index contributed by atoms with van der Waals surface area (Å²) in [6.07, 6.45) is 3.32. The Morgan fingerprint density at radius 1 is 0.917 bits per heavy atom. The minimum absolute atomic E-state index is 0.328. The molecule has 0 amide bonds. The van der Waals surface area contributed by atoms with E-state index in [2.05, 4.69) is 17.4 Å². The van der Waals surface area contributed by atoms with E-state index in [4.69, 9.17) is 9.84 Å². The first-order valence-electron chi connectivity index (χ1n) is 8.40. The predicted molar refractivity (Wildman–Crippen MR) is 95.1 cm³/mol. The average Bonchev–Trinajstić information content (AvgIpc) is 2.61. The average molecular weight is 327 g/mol. The van der Waals surface area contributed by atoms with E-state index in [9.17, 15) is 4.79 Å². The maximum Gasteiger partial charge on any atom is 0.335 e. The van der Waals surface area contributed by atoms with Gasteiger partial charge < -0.3 is 15.2 Å². The summed E-state index contributed by atoms with van der Waals surface area (Å²) in [5.41, 5.74) is 2.65. The summed E-state index contributed by atoms with van der Waals surface area (Å²) in [7, 11) is 0. The van der Waals surface area contributed by atoms with Crippen LogP contribution in [0.3, 0.4) is 0 Å². The Bertz CT molecular complexity index is 596. The Labute approximate surface area is 143 Å². The molecule has 4 heteroatoms. The Kier molecular flexibility index (Phi) is 8.01. The van der Waals surface area contributed by atoms with Crippen molar-refractivity contribution in [3.05, 3.63) is 71.3 Å². The van der Waals surface area contributed by atoms with Gasteiger partial charge in [-0.15, -0.1) is 0 Å². The molecule has 2 N–H and O–H groups in total. The fourth-order valence-corrected chi connectivity index (χ4v) is 2.39. The van der Waals surface area contributed by atoms with Crippen molar-refractivity contribution in [2.24, 2.45) is 0 Å². The van der Waals surface area contributed by atoms with Crippen LogP contribution >= 0.6 is 0 Å². The Hall–Kier alpha value is -2.17. The fourth-order valence-electron chi connectivity index (χ4n) is 2.39. The summed E-state index contributed by atoms with van der Waals surface area (Å²) < 4.78 is 5.66. The molecule has 2 aromatic rings. The predicted octanol–water partition coefficient (Wildman–Crippen LogP) is 3.86. The van der Waals surface area contributed by atoms with E-state index in [0.29, 0.717) is 12.2 Å². The molecule has 0 saturated carbocycles. The van der Waals surface area contributed by atoms with Crippen molar-refractivity contribution in [3.8, 4) is 0 Å². The van der Waals surface area contributed by atoms with Crippen molar-refractivity contribution < 1.29 is 14.6 Å². The lowest BCUT2D eigenvalue weighted by Gasteiger charge is -2.06. The van der Waals surface area contributed by atoms with Crippen molar-refractivity contribution in [2.45, 2.75) is 32.4 Å². The van der Waals surface area contributed by atoms with E-state index < -0.39 is 5.97 Å². The Morgan fingerprint density at radius 2 is 1.67 bits per heavy atom. The highest BCUT2D eigenvalue weighted by atomic mass is 16.5. The second-order valence-corrected chi connectivity index (χ2v) is 5.78. The standard InChI is InChI=1S/C20H25NO3/c22-20(23)19-11-9-17(10-12-19)15-21-13-5-2-6-14-24-16-18-7-3-1-4-8-18/h1,3-4,7-12,21H,2,5-6,13-16H2,(H,22,23). The van der Waals surface area contributed by atoms with E-state index in [1.54, 1.807) is 12.1 Å². The summed E-state index contributed by atoms with van der Waals surface area (Å²) in [5, 5.41) is 12.2. The van der Waals surface area contributed by atoms with Gasteiger partial charge in [-0.3, -0.25) is 0 Å². The number of carboxylic acid groups (broad SMARTS) is 1. The van der Waals surface area contributed by atoms with Gasteiger partial charge in [-0.25, -0.2) is 4.79 Å². The van der Waals surface area contributed by atoms with Gasteiger partial charge in [0.05, 0.1) is 12.2 Å². The normalized spacial score (nSPS) is 10.7. The smallest absolute Gasteiger partial charge is 0.335 e. The van der Waals surface area contributed by atoms with Gasteiger partial charge in [-0.1, -0.05) is 42.5 Å². The number of nitrogens with one attached hydrogen (secondary N) is 1. The number of hydrogen-bond donors (Lipinski definition) is 2. The van der Waals surface area contributed by atoms with Crippen LogP contribution in [0.2, 0.25) is 0 Å². The largest absolute Gasteiger partial charge is 0.478 e. The zero-order valence-corrected chi connectivity index (χ0v) is 13.9. The lowest BCUT2D eigenvalue weighted by atomic mass is 10.1. The molecule has 0 heterocycles. The molecular weight excluding hydrogens is 302 g/mol. The van der Waals surface area contributed by atoms with Gasteiger partial charge in [0, 0.05) is 13.2 Å². The molecule has 0 aliphatic heterocycles. The van der Waals surface area contributed by atoms with Crippen LogP contribution in [-0.4, -0.2) is 24.2 Å². The summed E-state index contributed by atoms with van der Waals surface area (Å²) in [6, 6.07) is 17.2. The highest BCUT2D eigenvalue weighted by Gasteiger charge is 2.01. The number of ether oxygens (including phenoxy) is 1. The minimum Gasteiger partial charge on any atom is -0.478 e. The van der Waals surface area contributed by atoms with Gasteiger partial charge in [0.1, 0.15) is 0 Å². The number of unbranched alkanes of at least 4 members (excludes halogenated alkanes) is 2. The van der Waals surface area contributed by atoms with E-state index in [-0.39, 0.29) is 0 Å². The van der Waals surface area contributed by atoms with Crippen LogP contribution in [-0.2, 0) is 17.9 Å². The molecule has 0 saturated heterocycles. The topological polar surface area (TPSA) is 58.6 Å². The second-order valence-electron chi connectivity index (χ2n) is 5.78. The first-order chi connectivity index (χ1) is 11.8. The highest BCUT2D eigenvalue weighted by Crippen LogP contribution is 2.05. The zero-order chi connectivity index (χ0) is 17.0. The molecule has 0 bridgehead atoms. The number of carbonyl (C=O) groups is 1. The quantitative estimate of drug-likeness (QED) is 0.615. The third kappa shape index (κ3) is 6.94. The van der Waals surface area contributed by atoms with Crippen molar-refractivity contribution in [1.29, 1.82) is 0 Å². The van der Waals surface area contributed by atoms with Crippen LogP contribution in [0, 0.1) is 0 Å². The summed E-state index contributed by atoms with van der Waals surface area (Å²) in [4.78, 5) is 10.8. The van der Waals surface area contributed by atoms with Crippen LogP contribution in [0.25, 0.3) is 0 Å². The maximum atomic E-state index is 10.8. The van der Waals surface area contributed by atoms with Crippen LogP contribution in [0.5, 0.6) is 0 Å². The number of benzene rings is 2. The van der Waals surface area contributed by atoms with Crippen molar-refractivity contribution in [1.82, 2.24) is 5.32 Å². The molecule has 0 aliphatic rings. The van der Waals surface area contributed by atoms with Gasteiger partial charge in [0.2, 0.25) is 0 Å². The van der Waals surface area contributed by atoms with Crippen molar-refractivity contribution >= 4 is 5.97 Å². The maximum absolute atomic E-state index is 10.8. The molecule has 0 spiro atoms. The number of rotatable bonds is 11. The second kappa shape index (κ2) is 10.6. The van der Waals surface area contributed by atoms with Crippen LogP contribution in [0.15, 0.2) is 54.6 Å². The molecule has 4 nitrogen and oxygen atoms in total. The molecule has 0 aromatic heterocycles. The first-order valence-corrected chi connectivity index (χ1v) is 8.40. The molecule has 0 atom stereocenters. The molecule has 24 heavy (non-hydrogen) atoms. The monoisotopic (exact) mass is 327 g/mol. The van der Waals surface area contributed by atoms with Gasteiger partial charge in [-0.05, 0) is 49.1 Å². The molecule has 0 unspecified atom stereocenters.